The van der Waals surface area contributed by atoms with Gasteiger partial charge in [-0.05, 0) is 26.7 Å². The number of nitrogens with zero attached hydrogens (tertiary/aromatic N) is 2. The van der Waals surface area contributed by atoms with Crippen molar-refractivity contribution in [2.24, 2.45) is 0 Å². The van der Waals surface area contributed by atoms with Crippen LogP contribution in [-0.2, 0) is 6.42 Å². The Morgan fingerprint density at radius 2 is 2.16 bits per heavy atom. The van der Waals surface area contributed by atoms with Gasteiger partial charge in [0.05, 0.1) is 16.8 Å². The zero-order valence-corrected chi connectivity index (χ0v) is 13.0. The molecule has 1 fully saturated rings. The molecule has 1 atom stereocenters. The average molecular weight is 282 g/mol. The third-order valence-electron chi connectivity index (χ3n) is 3.91. The minimum absolute atomic E-state index is 0.237. The van der Waals surface area contributed by atoms with Crippen LogP contribution < -0.4 is 0 Å². The van der Waals surface area contributed by atoms with Gasteiger partial charge < -0.3 is 5.11 Å². The topological polar surface area (TPSA) is 36.4 Å². The number of hydrogen-bond acceptors (Lipinski definition) is 4. The Balaban J connectivity index is 1.89. The summed E-state index contributed by atoms with van der Waals surface area (Å²) in [6.07, 6.45) is 7.43. The molecule has 0 aliphatic heterocycles. The average Bonchev–Trinajstić information content (AvgIpc) is 2.81. The first-order chi connectivity index (χ1) is 9.15. The quantitative estimate of drug-likeness (QED) is 0.871. The molecule has 0 aromatic carbocycles. The van der Waals surface area contributed by atoms with Gasteiger partial charge in [-0.3, -0.25) is 4.90 Å². The minimum Gasteiger partial charge on any atom is -0.392 e. The summed E-state index contributed by atoms with van der Waals surface area (Å²) in [6.45, 7) is 5.78. The fourth-order valence-corrected chi connectivity index (χ4v) is 3.64. The Morgan fingerprint density at radius 3 is 2.74 bits per heavy atom. The van der Waals surface area contributed by atoms with Gasteiger partial charge in [0.2, 0.25) is 0 Å². The molecular formula is C15H26N2OS. The van der Waals surface area contributed by atoms with E-state index in [9.17, 15) is 5.11 Å². The van der Waals surface area contributed by atoms with E-state index in [2.05, 4.69) is 22.2 Å². The zero-order chi connectivity index (χ0) is 13.7. The molecule has 1 aromatic rings. The predicted octanol–water partition coefficient (Wildman–Crippen LogP) is 3.01. The zero-order valence-electron chi connectivity index (χ0n) is 12.1. The number of hydrogen-bond donors (Lipinski definition) is 1. The minimum atomic E-state index is -0.237. The summed E-state index contributed by atoms with van der Waals surface area (Å²) in [5.41, 5.74) is 1.20. The molecule has 1 unspecified atom stereocenters. The van der Waals surface area contributed by atoms with E-state index in [1.807, 2.05) is 6.92 Å². The second kappa shape index (κ2) is 7.36. The van der Waals surface area contributed by atoms with Crippen LogP contribution in [0.1, 0.15) is 49.7 Å². The van der Waals surface area contributed by atoms with Gasteiger partial charge in [0.25, 0.3) is 0 Å². The lowest BCUT2D eigenvalue weighted by atomic mass is 9.94. The van der Waals surface area contributed by atoms with Crippen LogP contribution in [0.4, 0.5) is 0 Å². The van der Waals surface area contributed by atoms with E-state index in [4.69, 9.17) is 0 Å². The molecule has 1 aromatic heterocycles. The van der Waals surface area contributed by atoms with Crippen molar-refractivity contribution in [1.29, 1.82) is 0 Å². The lowest BCUT2D eigenvalue weighted by Crippen LogP contribution is -2.42. The number of thiazole rings is 1. The van der Waals surface area contributed by atoms with Gasteiger partial charge >= 0.3 is 0 Å². The van der Waals surface area contributed by atoms with Gasteiger partial charge in [-0.15, -0.1) is 11.3 Å². The van der Waals surface area contributed by atoms with Crippen molar-refractivity contribution >= 4 is 11.3 Å². The smallest absolute Gasteiger partial charge is 0.0897 e. The summed E-state index contributed by atoms with van der Waals surface area (Å²) in [7, 11) is 0. The number of aryl methyl sites for hydroxylation is 1. The molecule has 1 aliphatic carbocycles. The van der Waals surface area contributed by atoms with E-state index in [0.29, 0.717) is 6.04 Å². The van der Waals surface area contributed by atoms with Crippen molar-refractivity contribution < 1.29 is 5.11 Å². The predicted molar refractivity (Wildman–Crippen MR) is 80.7 cm³/mol. The van der Waals surface area contributed by atoms with Crippen LogP contribution in [0.25, 0.3) is 0 Å². The molecule has 1 heterocycles. The van der Waals surface area contributed by atoms with Crippen LogP contribution in [0.15, 0.2) is 5.38 Å². The van der Waals surface area contributed by atoms with Crippen LogP contribution in [0, 0.1) is 6.92 Å². The number of aliphatic hydroxyl groups is 1. The molecular weight excluding hydrogens is 256 g/mol. The Bertz CT molecular complexity index is 372. The molecule has 2 rings (SSSR count). The number of aliphatic hydroxyl groups excluding tert-OH is 1. The summed E-state index contributed by atoms with van der Waals surface area (Å²) in [5.74, 6) is 0. The molecule has 1 N–H and O–H groups in total. The maximum Gasteiger partial charge on any atom is 0.0897 e. The van der Waals surface area contributed by atoms with E-state index >= 15 is 0 Å². The molecule has 0 amide bonds. The van der Waals surface area contributed by atoms with Crippen molar-refractivity contribution in [1.82, 2.24) is 9.88 Å². The molecule has 1 saturated carbocycles. The van der Waals surface area contributed by atoms with Gasteiger partial charge in [-0.2, -0.15) is 0 Å². The van der Waals surface area contributed by atoms with Crippen molar-refractivity contribution in [3.05, 3.63) is 16.1 Å². The van der Waals surface area contributed by atoms with E-state index in [0.717, 1.165) is 24.5 Å². The first-order valence-electron chi connectivity index (χ1n) is 7.48. The molecule has 3 nitrogen and oxygen atoms in total. The highest BCUT2D eigenvalue weighted by atomic mass is 32.1. The number of rotatable bonds is 6. The summed E-state index contributed by atoms with van der Waals surface area (Å²) in [4.78, 5) is 7.02. The van der Waals surface area contributed by atoms with Crippen LogP contribution in [-0.4, -0.2) is 40.2 Å². The maximum absolute atomic E-state index is 9.70. The summed E-state index contributed by atoms with van der Waals surface area (Å²) < 4.78 is 0. The van der Waals surface area contributed by atoms with E-state index < -0.39 is 0 Å². The highest BCUT2D eigenvalue weighted by Crippen LogP contribution is 2.23. The molecule has 0 radical (unpaired) electrons. The van der Waals surface area contributed by atoms with Gasteiger partial charge in [0.1, 0.15) is 0 Å². The Kier molecular flexibility index (Phi) is 5.79. The molecule has 19 heavy (non-hydrogen) atoms. The molecule has 1 aliphatic rings. The van der Waals surface area contributed by atoms with Crippen molar-refractivity contribution in [3.63, 3.8) is 0 Å². The lowest BCUT2D eigenvalue weighted by molar-refractivity contribution is 0.0831. The van der Waals surface area contributed by atoms with E-state index in [-0.39, 0.29) is 6.10 Å². The largest absolute Gasteiger partial charge is 0.392 e. The van der Waals surface area contributed by atoms with Crippen molar-refractivity contribution in [3.8, 4) is 0 Å². The second-order valence-electron chi connectivity index (χ2n) is 5.74. The highest BCUT2D eigenvalue weighted by molar-refractivity contribution is 7.09. The van der Waals surface area contributed by atoms with Crippen LogP contribution in [0.5, 0.6) is 0 Å². The molecule has 0 bridgehead atoms. The van der Waals surface area contributed by atoms with Crippen LogP contribution >= 0.6 is 11.3 Å². The lowest BCUT2D eigenvalue weighted by Gasteiger charge is -2.35. The van der Waals surface area contributed by atoms with Gasteiger partial charge in [0, 0.05) is 30.9 Å². The van der Waals surface area contributed by atoms with E-state index in [1.54, 1.807) is 11.3 Å². The SMILES string of the molecule is Cc1nc(CCN(CC(C)O)C2CCCCC2)cs1. The van der Waals surface area contributed by atoms with Crippen LogP contribution in [0.3, 0.4) is 0 Å². The third kappa shape index (κ3) is 4.86. The third-order valence-corrected chi connectivity index (χ3v) is 4.73. The first-order valence-corrected chi connectivity index (χ1v) is 8.36. The Morgan fingerprint density at radius 1 is 1.42 bits per heavy atom. The summed E-state index contributed by atoms with van der Waals surface area (Å²) in [5, 5.41) is 13.0. The molecule has 0 spiro atoms. The summed E-state index contributed by atoms with van der Waals surface area (Å²) in [6, 6.07) is 0.670. The van der Waals surface area contributed by atoms with Gasteiger partial charge in [-0.25, -0.2) is 4.98 Å². The Hall–Kier alpha value is -0.450. The van der Waals surface area contributed by atoms with Crippen LogP contribution in [0.2, 0.25) is 0 Å². The maximum atomic E-state index is 9.70. The van der Waals surface area contributed by atoms with Crippen molar-refractivity contribution in [2.75, 3.05) is 13.1 Å². The Labute approximate surface area is 120 Å². The molecule has 4 heteroatoms. The highest BCUT2D eigenvalue weighted by Gasteiger charge is 2.22. The standard InChI is InChI=1S/C15H26N2OS/c1-12(18)10-17(15-6-4-3-5-7-15)9-8-14-11-19-13(2)16-14/h11-12,15,18H,3-10H2,1-2H3. The monoisotopic (exact) mass is 282 g/mol. The van der Waals surface area contributed by atoms with Crippen molar-refractivity contribution in [2.45, 2.75) is 64.5 Å². The fraction of sp³-hybridized carbons (Fsp3) is 0.800. The first kappa shape index (κ1) is 14.9. The molecule has 0 saturated heterocycles. The second-order valence-corrected chi connectivity index (χ2v) is 6.81. The van der Waals surface area contributed by atoms with E-state index in [1.165, 1.54) is 37.8 Å². The number of aromatic nitrogens is 1. The van der Waals surface area contributed by atoms with Gasteiger partial charge in [-0.1, -0.05) is 19.3 Å². The molecule has 108 valence electrons. The van der Waals surface area contributed by atoms with Gasteiger partial charge in [0.15, 0.2) is 0 Å². The fourth-order valence-electron chi connectivity index (χ4n) is 2.99. The summed E-state index contributed by atoms with van der Waals surface area (Å²) >= 11 is 1.73. The normalized spacial score (nSPS) is 18.9.